The number of pyridine rings is 2. The van der Waals surface area contributed by atoms with Gasteiger partial charge in [0.25, 0.3) is 0 Å². The van der Waals surface area contributed by atoms with Crippen molar-refractivity contribution >= 4 is 0 Å². The van der Waals surface area contributed by atoms with Gasteiger partial charge in [-0.2, -0.15) is 0 Å². The zero-order chi connectivity index (χ0) is 46.2. The first-order chi connectivity index (χ1) is 30.1. The SMILES string of the molecule is COc1c2cc(C(C)(C)C)cc1Cc1cc(C(C)(C)C)cc(c1OCc1ccccn1)Cc1cc(C(C)(C)C)cc(c1OC)Cc1cc(C(C)(C)C)cc(c1OCc1ccccn1)C2. The van der Waals surface area contributed by atoms with Gasteiger partial charge in [-0.05, 0) is 113 Å². The van der Waals surface area contributed by atoms with E-state index >= 15 is 0 Å². The first-order valence-corrected chi connectivity index (χ1v) is 22.9. The molecule has 0 saturated carbocycles. The molecule has 2 aromatic heterocycles. The molecule has 4 aromatic carbocycles. The molecular formula is C58H70N2O4. The smallest absolute Gasteiger partial charge is 0.130 e. The predicted octanol–water partition coefficient (Wildman–Crippen LogP) is 13.5. The lowest BCUT2D eigenvalue weighted by atomic mass is 9.79. The summed E-state index contributed by atoms with van der Waals surface area (Å²) in [7, 11) is 3.63. The Morgan fingerprint density at radius 3 is 0.828 bits per heavy atom. The molecule has 1 aliphatic rings. The molecule has 0 aliphatic heterocycles. The molecule has 7 rings (SSSR count). The highest BCUT2D eigenvalue weighted by Crippen LogP contribution is 2.44. The molecule has 1 aliphatic carbocycles. The second-order valence-corrected chi connectivity index (χ2v) is 21.8. The van der Waals surface area contributed by atoms with E-state index in [1.54, 1.807) is 0 Å². The molecule has 0 fully saturated rings. The molecule has 64 heavy (non-hydrogen) atoms. The minimum atomic E-state index is -0.131. The van der Waals surface area contributed by atoms with Crippen molar-refractivity contribution in [3.05, 3.63) is 175 Å². The van der Waals surface area contributed by atoms with Crippen LogP contribution in [0.25, 0.3) is 0 Å². The normalized spacial score (nSPS) is 13.3. The topological polar surface area (TPSA) is 62.7 Å². The molecule has 0 atom stereocenters. The van der Waals surface area contributed by atoms with Gasteiger partial charge in [0, 0.05) is 38.1 Å². The quantitative estimate of drug-likeness (QED) is 0.152. The molecule has 8 bridgehead atoms. The van der Waals surface area contributed by atoms with Crippen LogP contribution in [-0.4, -0.2) is 24.2 Å². The molecule has 6 aromatic rings. The third-order valence-corrected chi connectivity index (χ3v) is 12.5. The van der Waals surface area contributed by atoms with Gasteiger partial charge in [0.2, 0.25) is 0 Å². The number of benzene rings is 4. The molecule has 6 heteroatoms. The fourth-order valence-electron chi connectivity index (χ4n) is 8.78. The van der Waals surface area contributed by atoms with Gasteiger partial charge in [-0.15, -0.1) is 0 Å². The van der Waals surface area contributed by atoms with Gasteiger partial charge >= 0.3 is 0 Å². The van der Waals surface area contributed by atoms with Crippen LogP contribution >= 0.6 is 0 Å². The summed E-state index contributed by atoms with van der Waals surface area (Å²) in [5, 5.41) is 0. The van der Waals surface area contributed by atoms with Gasteiger partial charge in [-0.1, -0.05) is 144 Å². The molecule has 0 amide bonds. The van der Waals surface area contributed by atoms with Crippen LogP contribution in [0.15, 0.2) is 97.3 Å². The zero-order valence-corrected chi connectivity index (χ0v) is 41.0. The third-order valence-electron chi connectivity index (χ3n) is 12.5. The van der Waals surface area contributed by atoms with Crippen LogP contribution in [0.3, 0.4) is 0 Å². The Morgan fingerprint density at radius 2 is 0.625 bits per heavy atom. The summed E-state index contributed by atoms with van der Waals surface area (Å²) in [6.07, 6.45) is 6.09. The Bertz CT molecular complexity index is 2320. The second-order valence-electron chi connectivity index (χ2n) is 21.8. The molecule has 0 spiro atoms. The number of hydrogen-bond acceptors (Lipinski definition) is 6. The van der Waals surface area contributed by atoms with Crippen molar-refractivity contribution in [1.29, 1.82) is 0 Å². The molecular weight excluding hydrogens is 789 g/mol. The molecule has 0 saturated heterocycles. The van der Waals surface area contributed by atoms with Crippen LogP contribution in [0.4, 0.5) is 0 Å². The molecule has 2 heterocycles. The Labute approximate surface area is 383 Å². The lowest BCUT2D eigenvalue weighted by Crippen LogP contribution is -2.17. The first kappa shape index (κ1) is 46.4. The van der Waals surface area contributed by atoms with Crippen LogP contribution in [0, 0.1) is 0 Å². The fraction of sp³-hybridized carbons (Fsp3) is 0.414. The summed E-state index contributed by atoms with van der Waals surface area (Å²) < 4.78 is 27.2. The van der Waals surface area contributed by atoms with E-state index in [1.807, 2.05) is 63.0 Å². The van der Waals surface area contributed by atoms with Crippen molar-refractivity contribution in [1.82, 2.24) is 9.97 Å². The van der Waals surface area contributed by atoms with Crippen molar-refractivity contribution < 1.29 is 18.9 Å². The fourth-order valence-corrected chi connectivity index (χ4v) is 8.78. The van der Waals surface area contributed by atoms with Crippen molar-refractivity contribution in [3.8, 4) is 23.0 Å². The van der Waals surface area contributed by atoms with Gasteiger partial charge in [0.15, 0.2) is 0 Å². The van der Waals surface area contributed by atoms with Gasteiger partial charge < -0.3 is 18.9 Å². The van der Waals surface area contributed by atoms with E-state index in [2.05, 4.69) is 142 Å². The Kier molecular flexibility index (Phi) is 13.1. The molecule has 0 radical (unpaired) electrons. The van der Waals surface area contributed by atoms with Gasteiger partial charge in [-0.3, -0.25) is 9.97 Å². The Balaban J connectivity index is 1.59. The zero-order valence-electron chi connectivity index (χ0n) is 41.0. The molecule has 0 N–H and O–H groups in total. The molecule has 336 valence electrons. The van der Waals surface area contributed by atoms with E-state index in [4.69, 9.17) is 18.9 Å². The summed E-state index contributed by atoms with van der Waals surface area (Å²) in [5.74, 6) is 3.54. The molecule has 0 unspecified atom stereocenters. The van der Waals surface area contributed by atoms with Crippen molar-refractivity contribution in [3.63, 3.8) is 0 Å². The highest BCUT2D eigenvalue weighted by Gasteiger charge is 2.29. The minimum Gasteiger partial charge on any atom is -0.496 e. The highest BCUT2D eigenvalue weighted by atomic mass is 16.5. The number of fused-ring (bicyclic) bond motifs is 8. The monoisotopic (exact) mass is 859 g/mol. The lowest BCUT2D eigenvalue weighted by Gasteiger charge is -2.29. The summed E-state index contributed by atoms with van der Waals surface area (Å²) in [6.45, 7) is 28.2. The summed E-state index contributed by atoms with van der Waals surface area (Å²) >= 11 is 0. The Morgan fingerprint density at radius 1 is 0.375 bits per heavy atom. The second kappa shape index (κ2) is 18.1. The summed E-state index contributed by atoms with van der Waals surface area (Å²) in [6, 6.07) is 30.9. The predicted molar refractivity (Wildman–Crippen MR) is 262 cm³/mol. The van der Waals surface area contributed by atoms with Crippen molar-refractivity contribution in [2.24, 2.45) is 0 Å². The average Bonchev–Trinajstić information content (AvgIpc) is 3.22. The van der Waals surface area contributed by atoms with Crippen LogP contribution in [0.1, 0.15) is 161 Å². The van der Waals surface area contributed by atoms with E-state index in [1.165, 1.54) is 22.3 Å². The van der Waals surface area contributed by atoms with Gasteiger partial charge in [0.05, 0.1) is 25.6 Å². The number of ether oxygens (including phenoxy) is 4. The maximum atomic E-state index is 7.05. The third kappa shape index (κ3) is 10.5. The van der Waals surface area contributed by atoms with Crippen molar-refractivity contribution in [2.75, 3.05) is 14.2 Å². The summed E-state index contributed by atoms with van der Waals surface area (Å²) in [5.41, 5.74) is 15.2. The Hall–Kier alpha value is -5.62. The van der Waals surface area contributed by atoms with Gasteiger partial charge in [0.1, 0.15) is 36.2 Å². The highest BCUT2D eigenvalue weighted by molar-refractivity contribution is 5.60. The van der Waals surface area contributed by atoms with Crippen molar-refractivity contribution in [2.45, 2.75) is 144 Å². The van der Waals surface area contributed by atoms with E-state index in [0.717, 1.165) is 78.9 Å². The van der Waals surface area contributed by atoms with Crippen LogP contribution in [0.2, 0.25) is 0 Å². The first-order valence-electron chi connectivity index (χ1n) is 22.9. The van der Waals surface area contributed by atoms with Crippen LogP contribution < -0.4 is 18.9 Å². The number of methoxy groups -OCH3 is 2. The number of rotatable bonds is 8. The minimum absolute atomic E-state index is 0.131. The van der Waals surface area contributed by atoms with Crippen LogP contribution in [-0.2, 0) is 60.6 Å². The number of aromatic nitrogens is 2. The van der Waals surface area contributed by atoms with E-state index in [-0.39, 0.29) is 21.7 Å². The maximum absolute atomic E-state index is 7.05. The van der Waals surface area contributed by atoms with E-state index < -0.39 is 0 Å². The maximum Gasteiger partial charge on any atom is 0.130 e. The largest absolute Gasteiger partial charge is 0.496 e. The van der Waals surface area contributed by atoms with E-state index in [9.17, 15) is 0 Å². The number of hydrogen-bond donors (Lipinski definition) is 0. The molecule has 6 nitrogen and oxygen atoms in total. The van der Waals surface area contributed by atoms with E-state index in [0.29, 0.717) is 38.9 Å². The standard InChI is InChI=1S/C58H70N2O4/c1-55(2,3)45-27-37-23-41-31-47(57(7,8)9)33-43(53(41)63-35-49-19-15-17-21-59-49)25-39-29-46(56(4,5)6)30-40(52(39)62-14)26-44-34-48(58(10,11)12)32-42(24-38(28-45)51(37)61-13)54(44)64-36-50-20-16-18-22-60-50/h15-22,27-34H,23-26,35-36H2,1-14H3. The average molecular weight is 859 g/mol. The summed E-state index contributed by atoms with van der Waals surface area (Å²) in [4.78, 5) is 9.33. The number of nitrogens with zero attached hydrogens (tertiary/aromatic N) is 2. The lowest BCUT2D eigenvalue weighted by molar-refractivity contribution is 0.295. The van der Waals surface area contributed by atoms with Gasteiger partial charge in [-0.25, -0.2) is 0 Å². The van der Waals surface area contributed by atoms with Crippen LogP contribution in [0.5, 0.6) is 23.0 Å².